The van der Waals surface area contributed by atoms with Crippen molar-refractivity contribution >= 4 is 0 Å². The maximum atomic E-state index is 5.74. The van der Waals surface area contributed by atoms with Gasteiger partial charge in [-0.25, -0.2) is 0 Å². The Morgan fingerprint density at radius 2 is 2.07 bits per heavy atom. The van der Waals surface area contributed by atoms with Crippen molar-refractivity contribution < 1.29 is 0 Å². The van der Waals surface area contributed by atoms with E-state index in [1.807, 2.05) is 6.92 Å². The van der Waals surface area contributed by atoms with Crippen molar-refractivity contribution in [2.24, 2.45) is 5.73 Å². The van der Waals surface area contributed by atoms with Gasteiger partial charge in [-0.15, -0.1) is 0 Å². The van der Waals surface area contributed by atoms with Crippen LogP contribution in [0.1, 0.15) is 43.4 Å². The molecule has 1 aromatic heterocycles. The molecule has 2 nitrogen and oxygen atoms in total. The molecule has 0 radical (unpaired) electrons. The van der Waals surface area contributed by atoms with Gasteiger partial charge in [0.2, 0.25) is 0 Å². The molecule has 1 aliphatic carbocycles. The third-order valence-corrected chi connectivity index (χ3v) is 3.71. The van der Waals surface area contributed by atoms with Gasteiger partial charge in [0.15, 0.2) is 0 Å². The minimum atomic E-state index is 0.343. The maximum Gasteiger partial charge on any atom is 0.0372 e. The molecule has 0 aromatic carbocycles. The van der Waals surface area contributed by atoms with E-state index in [-0.39, 0.29) is 0 Å². The molecule has 82 valence electrons. The monoisotopic (exact) mass is 204 g/mol. The molecule has 0 spiro atoms. The molecule has 2 rings (SSSR count). The van der Waals surface area contributed by atoms with E-state index < -0.39 is 0 Å². The highest BCUT2D eigenvalue weighted by Gasteiger charge is 2.34. The molecular weight excluding hydrogens is 184 g/mol. The first-order valence-electron chi connectivity index (χ1n) is 5.90. The molecule has 2 heteroatoms. The summed E-state index contributed by atoms with van der Waals surface area (Å²) >= 11 is 0. The second-order valence-electron chi connectivity index (χ2n) is 4.71. The van der Waals surface area contributed by atoms with Crippen molar-refractivity contribution in [2.75, 3.05) is 6.54 Å². The Balaban J connectivity index is 2.28. The Morgan fingerprint density at radius 1 is 1.33 bits per heavy atom. The molecule has 0 saturated heterocycles. The molecule has 2 N–H and O–H groups in total. The first-order valence-corrected chi connectivity index (χ1v) is 5.90. The first kappa shape index (κ1) is 10.6. The van der Waals surface area contributed by atoms with Crippen LogP contribution in [0.2, 0.25) is 0 Å². The molecular formula is C13H20N2. The first-order chi connectivity index (χ1) is 7.27. The molecule has 1 saturated carbocycles. The smallest absolute Gasteiger partial charge is 0.0372 e. The fraction of sp³-hybridized carbons (Fsp3) is 0.615. The quantitative estimate of drug-likeness (QED) is 0.821. The Kier molecular flexibility index (Phi) is 3.06. The highest BCUT2D eigenvalue weighted by Crippen LogP contribution is 2.43. The number of aromatic nitrogens is 1. The fourth-order valence-electron chi connectivity index (χ4n) is 2.79. The number of rotatable bonds is 3. The fourth-order valence-corrected chi connectivity index (χ4v) is 2.79. The van der Waals surface area contributed by atoms with Crippen LogP contribution in [0.15, 0.2) is 18.3 Å². The van der Waals surface area contributed by atoms with Crippen LogP contribution in [0.4, 0.5) is 0 Å². The van der Waals surface area contributed by atoms with Crippen LogP contribution in [0.25, 0.3) is 0 Å². The van der Waals surface area contributed by atoms with Crippen LogP contribution in [0.3, 0.4) is 0 Å². The Bertz CT molecular complexity index is 310. The van der Waals surface area contributed by atoms with Gasteiger partial charge in [0.25, 0.3) is 0 Å². The van der Waals surface area contributed by atoms with Crippen molar-refractivity contribution in [3.8, 4) is 0 Å². The molecule has 0 aliphatic heterocycles. The zero-order valence-electron chi connectivity index (χ0n) is 9.50. The number of aryl methyl sites for hydroxylation is 1. The Labute approximate surface area is 91.9 Å². The average Bonchev–Trinajstić information content (AvgIpc) is 2.69. The number of hydrogen-bond donors (Lipinski definition) is 1. The summed E-state index contributed by atoms with van der Waals surface area (Å²) in [6.45, 7) is 2.82. The number of hydrogen-bond acceptors (Lipinski definition) is 2. The van der Waals surface area contributed by atoms with Crippen molar-refractivity contribution in [3.05, 3.63) is 29.6 Å². The second kappa shape index (κ2) is 4.31. The van der Waals surface area contributed by atoms with Gasteiger partial charge in [0.1, 0.15) is 0 Å². The summed E-state index contributed by atoms with van der Waals surface area (Å²) in [6, 6.07) is 4.36. The molecule has 15 heavy (non-hydrogen) atoms. The highest BCUT2D eigenvalue weighted by molar-refractivity contribution is 5.25. The van der Waals surface area contributed by atoms with Crippen molar-refractivity contribution in [2.45, 2.75) is 44.4 Å². The van der Waals surface area contributed by atoms with E-state index in [0.29, 0.717) is 5.41 Å². The molecule has 1 heterocycles. The SMILES string of the molecule is Cc1ccc(C2(CCN)CCCC2)cn1. The van der Waals surface area contributed by atoms with Gasteiger partial charge < -0.3 is 5.73 Å². The van der Waals surface area contributed by atoms with Gasteiger partial charge in [0.05, 0.1) is 0 Å². The summed E-state index contributed by atoms with van der Waals surface area (Å²) in [5, 5.41) is 0. The standard InChI is InChI=1S/C13H20N2/c1-11-4-5-12(10-15-11)13(8-9-14)6-2-3-7-13/h4-5,10H,2-3,6-9,14H2,1H3. The van der Waals surface area contributed by atoms with Crippen LogP contribution < -0.4 is 5.73 Å². The number of pyridine rings is 1. The zero-order chi connectivity index (χ0) is 10.7. The largest absolute Gasteiger partial charge is 0.330 e. The van der Waals surface area contributed by atoms with Gasteiger partial charge in [-0.2, -0.15) is 0 Å². The van der Waals surface area contributed by atoms with E-state index in [2.05, 4.69) is 23.3 Å². The normalized spacial score (nSPS) is 19.3. The maximum absolute atomic E-state index is 5.74. The summed E-state index contributed by atoms with van der Waals surface area (Å²) in [5.41, 5.74) is 8.58. The molecule has 0 atom stereocenters. The molecule has 1 aliphatic rings. The zero-order valence-corrected chi connectivity index (χ0v) is 9.50. The van der Waals surface area contributed by atoms with Gasteiger partial charge >= 0.3 is 0 Å². The Morgan fingerprint density at radius 3 is 2.60 bits per heavy atom. The van der Waals surface area contributed by atoms with Crippen LogP contribution in [0, 0.1) is 6.92 Å². The number of nitrogens with two attached hydrogens (primary N) is 1. The minimum absolute atomic E-state index is 0.343. The predicted octanol–water partition coefficient (Wildman–Crippen LogP) is 2.55. The van der Waals surface area contributed by atoms with Crippen molar-refractivity contribution in [1.82, 2.24) is 4.98 Å². The lowest BCUT2D eigenvalue weighted by atomic mass is 9.77. The summed E-state index contributed by atoms with van der Waals surface area (Å²) in [4.78, 5) is 4.41. The summed E-state index contributed by atoms with van der Waals surface area (Å²) < 4.78 is 0. The average molecular weight is 204 g/mol. The third kappa shape index (κ3) is 2.05. The Hall–Kier alpha value is -0.890. The lowest BCUT2D eigenvalue weighted by Crippen LogP contribution is -2.26. The van der Waals surface area contributed by atoms with E-state index in [9.17, 15) is 0 Å². The highest BCUT2D eigenvalue weighted by atomic mass is 14.7. The lowest BCUT2D eigenvalue weighted by Gasteiger charge is -2.28. The van der Waals surface area contributed by atoms with Crippen LogP contribution in [-0.2, 0) is 5.41 Å². The van der Waals surface area contributed by atoms with Crippen LogP contribution >= 0.6 is 0 Å². The van der Waals surface area contributed by atoms with E-state index >= 15 is 0 Å². The summed E-state index contributed by atoms with van der Waals surface area (Å²) in [7, 11) is 0. The van der Waals surface area contributed by atoms with Gasteiger partial charge in [-0.1, -0.05) is 18.9 Å². The molecule has 0 unspecified atom stereocenters. The minimum Gasteiger partial charge on any atom is -0.330 e. The summed E-state index contributed by atoms with van der Waals surface area (Å²) in [5.74, 6) is 0. The van der Waals surface area contributed by atoms with E-state index in [1.165, 1.54) is 31.2 Å². The van der Waals surface area contributed by atoms with E-state index in [0.717, 1.165) is 18.7 Å². The predicted molar refractivity (Wildman–Crippen MR) is 62.8 cm³/mol. The summed E-state index contributed by atoms with van der Waals surface area (Å²) in [6.07, 6.45) is 8.42. The topological polar surface area (TPSA) is 38.9 Å². The molecule has 1 aromatic rings. The molecule has 1 fully saturated rings. The van der Waals surface area contributed by atoms with Crippen molar-refractivity contribution in [3.63, 3.8) is 0 Å². The van der Waals surface area contributed by atoms with Crippen LogP contribution in [-0.4, -0.2) is 11.5 Å². The van der Waals surface area contributed by atoms with Gasteiger partial charge in [0, 0.05) is 11.9 Å². The van der Waals surface area contributed by atoms with E-state index in [1.54, 1.807) is 0 Å². The third-order valence-electron chi connectivity index (χ3n) is 3.71. The second-order valence-corrected chi connectivity index (χ2v) is 4.71. The van der Waals surface area contributed by atoms with Crippen LogP contribution in [0.5, 0.6) is 0 Å². The molecule has 0 bridgehead atoms. The van der Waals surface area contributed by atoms with Gasteiger partial charge in [-0.3, -0.25) is 4.98 Å². The number of nitrogens with zero attached hydrogens (tertiary/aromatic N) is 1. The van der Waals surface area contributed by atoms with E-state index in [4.69, 9.17) is 5.73 Å². The lowest BCUT2D eigenvalue weighted by molar-refractivity contribution is 0.410. The van der Waals surface area contributed by atoms with Crippen molar-refractivity contribution in [1.29, 1.82) is 0 Å². The molecule has 0 amide bonds. The van der Waals surface area contributed by atoms with Gasteiger partial charge in [-0.05, 0) is 49.8 Å².